The lowest BCUT2D eigenvalue weighted by atomic mass is 10.2. The molecule has 0 N–H and O–H groups in total. The van der Waals surface area contributed by atoms with Crippen molar-refractivity contribution in [1.29, 1.82) is 0 Å². The quantitative estimate of drug-likeness (QED) is 0.515. The molecule has 0 saturated heterocycles. The van der Waals surface area contributed by atoms with Crippen LogP contribution in [0.5, 0.6) is 0 Å². The summed E-state index contributed by atoms with van der Waals surface area (Å²) in [7, 11) is 2.97. The maximum Gasteiger partial charge on any atom is 0.341 e. The maximum absolute atomic E-state index is 12.3. The fourth-order valence-electron chi connectivity index (χ4n) is 2.61. The largest absolute Gasteiger partial charge is 0.465 e. The van der Waals surface area contributed by atoms with Crippen molar-refractivity contribution in [2.75, 3.05) is 14.2 Å². The van der Waals surface area contributed by atoms with Gasteiger partial charge in [-0.3, -0.25) is 4.79 Å². The van der Waals surface area contributed by atoms with Crippen molar-refractivity contribution >= 4 is 28.9 Å². The average molecular weight is 353 g/mol. The topological polar surface area (TPSA) is 72.9 Å². The molecule has 1 amide bonds. The summed E-state index contributed by atoms with van der Waals surface area (Å²) in [6, 6.07) is 11.1. The van der Waals surface area contributed by atoms with Gasteiger partial charge in [-0.1, -0.05) is 18.2 Å². The van der Waals surface area contributed by atoms with Gasteiger partial charge in [0.15, 0.2) is 0 Å². The second-order valence-corrected chi connectivity index (χ2v) is 5.89. The van der Waals surface area contributed by atoms with E-state index in [-0.39, 0.29) is 12.5 Å². The zero-order chi connectivity index (χ0) is 18.7. The zero-order valence-corrected chi connectivity index (χ0v) is 14.8. The van der Waals surface area contributed by atoms with Gasteiger partial charge in [-0.2, -0.15) is 0 Å². The van der Waals surface area contributed by atoms with E-state index in [2.05, 4.69) is 0 Å². The van der Waals surface area contributed by atoms with Crippen LogP contribution in [0.15, 0.2) is 51.3 Å². The first-order chi connectivity index (χ1) is 12.5. The third-order valence-corrected chi connectivity index (χ3v) is 3.98. The second-order valence-electron chi connectivity index (χ2n) is 5.89. The monoisotopic (exact) mass is 353 g/mol. The number of esters is 1. The number of benzene rings is 1. The molecule has 0 saturated carbocycles. The van der Waals surface area contributed by atoms with Crippen molar-refractivity contribution in [1.82, 2.24) is 4.90 Å². The minimum atomic E-state index is -0.462. The summed E-state index contributed by atoms with van der Waals surface area (Å²) < 4.78 is 15.9. The van der Waals surface area contributed by atoms with Crippen molar-refractivity contribution in [3.63, 3.8) is 0 Å². The van der Waals surface area contributed by atoms with Crippen LogP contribution in [0, 0.1) is 6.92 Å². The number of methoxy groups -OCH3 is 1. The van der Waals surface area contributed by atoms with Crippen LogP contribution in [0.1, 0.15) is 27.6 Å². The third-order valence-electron chi connectivity index (χ3n) is 3.98. The smallest absolute Gasteiger partial charge is 0.341 e. The van der Waals surface area contributed by atoms with Crippen LogP contribution in [0.3, 0.4) is 0 Å². The highest BCUT2D eigenvalue weighted by atomic mass is 16.5. The molecule has 0 bridgehead atoms. The SMILES string of the molecule is COC(=O)c1cc(CN(C)C(=O)/C=C/c2cc3ccccc3o2)oc1C. The van der Waals surface area contributed by atoms with Gasteiger partial charge in [0.05, 0.1) is 13.7 Å². The van der Waals surface area contributed by atoms with Crippen LogP contribution in [0.4, 0.5) is 0 Å². The predicted molar refractivity (Wildman–Crippen MR) is 96.5 cm³/mol. The number of likely N-dealkylation sites (N-methyl/N-ethyl adjacent to an activating group) is 1. The van der Waals surface area contributed by atoms with E-state index in [0.717, 1.165) is 11.0 Å². The van der Waals surface area contributed by atoms with Crippen LogP contribution in [0.2, 0.25) is 0 Å². The highest BCUT2D eigenvalue weighted by Crippen LogP contribution is 2.20. The minimum Gasteiger partial charge on any atom is -0.465 e. The van der Waals surface area contributed by atoms with Gasteiger partial charge < -0.3 is 18.5 Å². The van der Waals surface area contributed by atoms with E-state index in [1.165, 1.54) is 18.1 Å². The van der Waals surface area contributed by atoms with E-state index < -0.39 is 5.97 Å². The first-order valence-electron chi connectivity index (χ1n) is 8.07. The molecule has 0 atom stereocenters. The Bertz CT molecular complexity index is 946. The first kappa shape index (κ1) is 17.5. The number of rotatable bonds is 5. The summed E-state index contributed by atoms with van der Waals surface area (Å²) in [5.41, 5.74) is 1.13. The van der Waals surface area contributed by atoms with Gasteiger partial charge in [-0.15, -0.1) is 0 Å². The third kappa shape index (κ3) is 3.69. The molecule has 6 nitrogen and oxygen atoms in total. The molecular formula is C20H19NO5. The van der Waals surface area contributed by atoms with E-state index in [4.69, 9.17) is 13.6 Å². The van der Waals surface area contributed by atoms with Crippen molar-refractivity contribution in [3.8, 4) is 0 Å². The number of carbonyl (C=O) groups excluding carboxylic acids is 2. The van der Waals surface area contributed by atoms with Crippen LogP contribution >= 0.6 is 0 Å². The van der Waals surface area contributed by atoms with E-state index in [0.29, 0.717) is 22.8 Å². The van der Waals surface area contributed by atoms with Crippen LogP contribution in [-0.4, -0.2) is 30.9 Å². The summed E-state index contributed by atoms with van der Waals surface area (Å²) in [4.78, 5) is 25.4. The van der Waals surface area contributed by atoms with Crippen molar-refractivity contribution in [3.05, 3.63) is 65.3 Å². The lowest BCUT2D eigenvalue weighted by molar-refractivity contribution is -0.125. The van der Waals surface area contributed by atoms with E-state index in [1.54, 1.807) is 26.1 Å². The van der Waals surface area contributed by atoms with Crippen molar-refractivity contribution in [2.24, 2.45) is 0 Å². The number of aryl methyl sites for hydroxylation is 1. The molecule has 26 heavy (non-hydrogen) atoms. The van der Waals surface area contributed by atoms with Crippen LogP contribution < -0.4 is 0 Å². The van der Waals surface area contributed by atoms with E-state index >= 15 is 0 Å². The minimum absolute atomic E-state index is 0.209. The lowest BCUT2D eigenvalue weighted by Crippen LogP contribution is -2.23. The van der Waals surface area contributed by atoms with Gasteiger partial charge in [-0.25, -0.2) is 4.79 Å². The zero-order valence-electron chi connectivity index (χ0n) is 14.8. The van der Waals surface area contributed by atoms with E-state index in [1.807, 2.05) is 30.3 Å². The Kier molecular flexibility index (Phi) is 4.93. The Morgan fingerprint density at radius 1 is 1.19 bits per heavy atom. The molecule has 0 aliphatic rings. The Morgan fingerprint density at radius 3 is 2.69 bits per heavy atom. The number of nitrogens with zero attached hydrogens (tertiary/aromatic N) is 1. The first-order valence-corrected chi connectivity index (χ1v) is 8.07. The van der Waals surface area contributed by atoms with Crippen LogP contribution in [-0.2, 0) is 16.1 Å². The molecule has 6 heteroatoms. The van der Waals surface area contributed by atoms with Gasteiger partial charge in [0.1, 0.15) is 28.4 Å². The number of hydrogen-bond donors (Lipinski definition) is 0. The molecule has 2 heterocycles. The Labute approximate surface area is 150 Å². The predicted octanol–water partition coefficient (Wildman–Crippen LogP) is 3.79. The summed E-state index contributed by atoms with van der Waals surface area (Å²) in [6.07, 6.45) is 3.07. The number of para-hydroxylation sites is 1. The summed E-state index contributed by atoms with van der Waals surface area (Å²) in [5.74, 6) is 0.909. The Balaban J connectivity index is 1.67. The van der Waals surface area contributed by atoms with Gasteiger partial charge in [0, 0.05) is 18.5 Å². The lowest BCUT2D eigenvalue weighted by Gasteiger charge is -2.12. The van der Waals surface area contributed by atoms with Gasteiger partial charge in [-0.05, 0) is 31.2 Å². The summed E-state index contributed by atoms with van der Waals surface area (Å²) >= 11 is 0. The molecule has 0 unspecified atom stereocenters. The molecule has 1 aromatic carbocycles. The molecule has 134 valence electrons. The van der Waals surface area contributed by atoms with Crippen molar-refractivity contribution in [2.45, 2.75) is 13.5 Å². The molecular weight excluding hydrogens is 334 g/mol. The van der Waals surface area contributed by atoms with Crippen molar-refractivity contribution < 1.29 is 23.2 Å². The number of fused-ring (bicyclic) bond motifs is 1. The maximum atomic E-state index is 12.3. The normalized spacial score (nSPS) is 11.2. The highest BCUT2D eigenvalue weighted by Gasteiger charge is 2.17. The molecule has 0 spiro atoms. The highest BCUT2D eigenvalue weighted by molar-refractivity contribution is 5.92. The fraction of sp³-hybridized carbons (Fsp3) is 0.200. The molecule has 0 aliphatic carbocycles. The molecule has 3 aromatic rings. The van der Waals surface area contributed by atoms with Gasteiger partial charge in [0.25, 0.3) is 0 Å². The number of carbonyl (C=O) groups is 2. The van der Waals surface area contributed by atoms with Gasteiger partial charge in [0.2, 0.25) is 5.91 Å². The molecule has 0 aliphatic heterocycles. The second kappa shape index (κ2) is 7.31. The molecule has 3 rings (SSSR count). The molecule has 0 radical (unpaired) electrons. The fourth-order valence-corrected chi connectivity index (χ4v) is 2.61. The summed E-state index contributed by atoms with van der Waals surface area (Å²) in [6.45, 7) is 1.92. The number of ether oxygens (including phenoxy) is 1. The standard InChI is InChI=1S/C20H19NO5/c1-13-17(20(23)24-3)11-16(25-13)12-21(2)19(22)9-8-15-10-14-6-4-5-7-18(14)26-15/h4-11H,12H2,1-3H3/b9-8+. The van der Waals surface area contributed by atoms with Gasteiger partial charge >= 0.3 is 5.97 Å². The Hall–Kier alpha value is -3.28. The molecule has 0 fully saturated rings. The number of amides is 1. The van der Waals surface area contributed by atoms with E-state index in [9.17, 15) is 9.59 Å². The van der Waals surface area contributed by atoms with Crippen LogP contribution in [0.25, 0.3) is 17.0 Å². The Morgan fingerprint density at radius 2 is 1.96 bits per heavy atom. The summed E-state index contributed by atoms with van der Waals surface area (Å²) in [5, 5.41) is 0.981. The number of furan rings is 2. The molecule has 2 aromatic heterocycles. The number of hydrogen-bond acceptors (Lipinski definition) is 5. The average Bonchev–Trinajstić information content (AvgIpc) is 3.21.